The van der Waals surface area contributed by atoms with Crippen LogP contribution in [0.2, 0.25) is 5.02 Å². The largest absolute Gasteiger partial charge is 0.299 e. The second kappa shape index (κ2) is 5.44. The van der Waals surface area contributed by atoms with Gasteiger partial charge in [-0.05, 0) is 31.2 Å². The summed E-state index contributed by atoms with van der Waals surface area (Å²) in [5, 5.41) is 5.73. The highest BCUT2D eigenvalue weighted by atomic mass is 35.5. The third-order valence-electron chi connectivity index (χ3n) is 6.73. The minimum Gasteiger partial charge on any atom is -0.299 e. The number of fused-ring (bicyclic) bond motifs is 3. The highest BCUT2D eigenvalue weighted by Crippen LogP contribution is 2.56. The molecule has 1 saturated carbocycles. The number of ketones is 1. The molecule has 2 aliphatic rings. The van der Waals surface area contributed by atoms with Crippen LogP contribution in [-0.4, -0.2) is 15.6 Å². The number of rotatable bonds is 1. The monoisotopic (exact) mass is 356 g/mol. The number of aromatic nitrogens is 2. The van der Waals surface area contributed by atoms with Gasteiger partial charge in [-0.2, -0.15) is 5.10 Å². The zero-order valence-corrected chi connectivity index (χ0v) is 16.2. The molecule has 0 bridgehead atoms. The number of benzene rings is 1. The van der Waals surface area contributed by atoms with Crippen LogP contribution in [0, 0.1) is 11.3 Å². The van der Waals surface area contributed by atoms with E-state index in [0.717, 1.165) is 35.5 Å². The molecule has 1 heterocycles. The molecule has 132 valence electrons. The van der Waals surface area contributed by atoms with E-state index in [1.807, 2.05) is 29.9 Å². The van der Waals surface area contributed by atoms with Gasteiger partial charge >= 0.3 is 0 Å². The van der Waals surface area contributed by atoms with E-state index in [4.69, 9.17) is 16.7 Å². The van der Waals surface area contributed by atoms with Crippen LogP contribution < -0.4 is 0 Å². The van der Waals surface area contributed by atoms with E-state index >= 15 is 0 Å². The van der Waals surface area contributed by atoms with E-state index in [-0.39, 0.29) is 10.8 Å². The molecule has 0 amide bonds. The standard InChI is InChI=1S/C21H25ClN2O/c1-20(2)16-10-9-14-18(13-7-5-6-8-15(13)22)24(4)23-19(14)21(16,3)12-11-17(20)25/h5-8,16H,9-12H2,1-4H3/t16-,21-/m0/s1. The first-order valence-electron chi connectivity index (χ1n) is 9.11. The molecule has 0 aliphatic heterocycles. The molecule has 2 aromatic rings. The van der Waals surface area contributed by atoms with Crippen LogP contribution in [0.25, 0.3) is 11.3 Å². The Bertz CT molecular complexity index is 867. The Morgan fingerprint density at radius 1 is 1.20 bits per heavy atom. The van der Waals surface area contributed by atoms with Crippen molar-refractivity contribution in [2.24, 2.45) is 18.4 Å². The number of nitrogens with zero attached hydrogens (tertiary/aromatic N) is 2. The quantitative estimate of drug-likeness (QED) is 0.724. The molecule has 1 aromatic heterocycles. The predicted molar refractivity (Wildman–Crippen MR) is 101 cm³/mol. The molecular weight excluding hydrogens is 332 g/mol. The molecule has 4 rings (SSSR count). The Labute approximate surface area is 154 Å². The minimum absolute atomic E-state index is 0.0394. The van der Waals surface area contributed by atoms with Crippen molar-refractivity contribution in [2.45, 2.75) is 51.9 Å². The average molecular weight is 357 g/mol. The molecule has 1 fully saturated rings. The van der Waals surface area contributed by atoms with E-state index in [0.29, 0.717) is 18.1 Å². The van der Waals surface area contributed by atoms with Crippen molar-refractivity contribution in [1.82, 2.24) is 9.78 Å². The predicted octanol–water partition coefficient (Wildman–Crippen LogP) is 4.95. The van der Waals surface area contributed by atoms with Crippen molar-refractivity contribution in [3.8, 4) is 11.3 Å². The number of aryl methyl sites for hydroxylation is 1. The van der Waals surface area contributed by atoms with Crippen LogP contribution in [0.5, 0.6) is 0 Å². The van der Waals surface area contributed by atoms with Crippen molar-refractivity contribution in [3.63, 3.8) is 0 Å². The van der Waals surface area contributed by atoms with Gasteiger partial charge in [0.2, 0.25) is 0 Å². The Hall–Kier alpha value is -1.61. The van der Waals surface area contributed by atoms with Crippen molar-refractivity contribution in [2.75, 3.05) is 0 Å². The summed E-state index contributed by atoms with van der Waals surface area (Å²) in [5.74, 6) is 0.753. The Morgan fingerprint density at radius 3 is 2.64 bits per heavy atom. The zero-order valence-electron chi connectivity index (χ0n) is 15.4. The normalized spacial score (nSPS) is 27.7. The van der Waals surface area contributed by atoms with Gasteiger partial charge in [-0.1, -0.05) is 50.6 Å². The molecule has 1 aromatic carbocycles. The third-order valence-corrected chi connectivity index (χ3v) is 7.06. The summed E-state index contributed by atoms with van der Waals surface area (Å²) in [6, 6.07) is 7.99. The fourth-order valence-electron chi connectivity index (χ4n) is 5.37. The van der Waals surface area contributed by atoms with Crippen LogP contribution in [0.15, 0.2) is 24.3 Å². The fraction of sp³-hybridized carbons (Fsp3) is 0.524. The number of halogens is 1. The lowest BCUT2D eigenvalue weighted by Crippen LogP contribution is -2.52. The lowest BCUT2D eigenvalue weighted by molar-refractivity contribution is -0.137. The lowest BCUT2D eigenvalue weighted by atomic mass is 9.51. The molecular formula is C21H25ClN2O. The lowest BCUT2D eigenvalue weighted by Gasteiger charge is -2.51. The highest BCUT2D eigenvalue weighted by molar-refractivity contribution is 6.33. The van der Waals surface area contributed by atoms with Gasteiger partial charge in [0, 0.05) is 40.4 Å². The first-order valence-corrected chi connectivity index (χ1v) is 9.49. The maximum absolute atomic E-state index is 12.5. The molecule has 0 unspecified atom stereocenters. The van der Waals surface area contributed by atoms with Gasteiger partial charge in [0.1, 0.15) is 5.78 Å². The summed E-state index contributed by atoms with van der Waals surface area (Å²) in [5.41, 5.74) is 4.37. The van der Waals surface area contributed by atoms with Crippen LogP contribution in [0.4, 0.5) is 0 Å². The molecule has 0 N–H and O–H groups in total. The van der Waals surface area contributed by atoms with Gasteiger partial charge in [-0.15, -0.1) is 0 Å². The molecule has 0 saturated heterocycles. The molecule has 0 radical (unpaired) electrons. The second-order valence-electron chi connectivity index (χ2n) is 8.43. The Kier molecular flexibility index (Phi) is 3.66. The zero-order chi connectivity index (χ0) is 18.0. The van der Waals surface area contributed by atoms with E-state index < -0.39 is 0 Å². The number of hydrogen-bond donors (Lipinski definition) is 0. The highest BCUT2D eigenvalue weighted by Gasteiger charge is 2.55. The van der Waals surface area contributed by atoms with E-state index in [1.54, 1.807) is 0 Å². The summed E-state index contributed by atoms with van der Waals surface area (Å²) in [6.07, 6.45) is 3.54. The topological polar surface area (TPSA) is 34.9 Å². The molecule has 2 aliphatic carbocycles. The van der Waals surface area contributed by atoms with E-state index in [1.165, 1.54) is 11.3 Å². The summed E-state index contributed by atoms with van der Waals surface area (Å²) >= 11 is 6.48. The van der Waals surface area contributed by atoms with Gasteiger partial charge in [0.15, 0.2) is 0 Å². The van der Waals surface area contributed by atoms with Gasteiger partial charge in [0.05, 0.1) is 11.4 Å². The van der Waals surface area contributed by atoms with Crippen molar-refractivity contribution < 1.29 is 4.79 Å². The van der Waals surface area contributed by atoms with Crippen LogP contribution in [0.3, 0.4) is 0 Å². The SMILES string of the molecule is Cn1nc2c(c1-c1ccccc1Cl)CC[C@H]1C(C)(C)C(=O)CC[C@]21C. The van der Waals surface area contributed by atoms with Crippen molar-refractivity contribution in [1.29, 1.82) is 0 Å². The molecule has 4 heteroatoms. The number of Topliss-reactive ketones (excluding diaryl/α,β-unsaturated/α-hetero) is 1. The van der Waals surface area contributed by atoms with Gasteiger partial charge in [-0.3, -0.25) is 9.48 Å². The van der Waals surface area contributed by atoms with Gasteiger partial charge < -0.3 is 0 Å². The van der Waals surface area contributed by atoms with E-state index in [2.05, 4.69) is 26.8 Å². The second-order valence-corrected chi connectivity index (χ2v) is 8.84. The minimum atomic E-state index is -0.271. The van der Waals surface area contributed by atoms with Crippen LogP contribution in [0.1, 0.15) is 51.3 Å². The maximum Gasteiger partial charge on any atom is 0.138 e. The van der Waals surface area contributed by atoms with Gasteiger partial charge in [0.25, 0.3) is 0 Å². The smallest absolute Gasteiger partial charge is 0.138 e. The molecule has 25 heavy (non-hydrogen) atoms. The Balaban J connectivity index is 1.90. The Morgan fingerprint density at radius 2 is 1.92 bits per heavy atom. The number of hydrogen-bond acceptors (Lipinski definition) is 2. The number of carbonyl (C=O) groups is 1. The summed E-state index contributed by atoms with van der Waals surface area (Å²) in [6.45, 7) is 6.56. The van der Waals surface area contributed by atoms with Crippen molar-refractivity contribution in [3.05, 3.63) is 40.5 Å². The summed E-state index contributed by atoms with van der Waals surface area (Å²) < 4.78 is 1.99. The average Bonchev–Trinajstić information content (AvgIpc) is 2.90. The third kappa shape index (κ3) is 2.25. The molecule has 3 nitrogen and oxygen atoms in total. The van der Waals surface area contributed by atoms with Crippen molar-refractivity contribution >= 4 is 17.4 Å². The number of carbonyl (C=O) groups excluding carboxylic acids is 1. The first-order chi connectivity index (χ1) is 11.8. The fourth-order valence-corrected chi connectivity index (χ4v) is 5.59. The first kappa shape index (κ1) is 16.8. The van der Waals surface area contributed by atoms with Gasteiger partial charge in [-0.25, -0.2) is 0 Å². The molecule has 0 spiro atoms. The maximum atomic E-state index is 12.5. The van der Waals surface area contributed by atoms with Crippen LogP contribution in [-0.2, 0) is 23.7 Å². The summed E-state index contributed by atoms with van der Waals surface area (Å²) in [4.78, 5) is 12.5. The van der Waals surface area contributed by atoms with E-state index in [9.17, 15) is 4.79 Å². The molecule has 2 atom stereocenters. The van der Waals surface area contributed by atoms with Crippen LogP contribution >= 0.6 is 11.6 Å². The summed E-state index contributed by atoms with van der Waals surface area (Å²) in [7, 11) is 2.01.